The van der Waals surface area contributed by atoms with Gasteiger partial charge >= 0.3 is 0 Å². The summed E-state index contributed by atoms with van der Waals surface area (Å²) in [5.74, 6) is 1.83. The third-order valence-corrected chi connectivity index (χ3v) is 4.34. The van der Waals surface area contributed by atoms with Crippen molar-refractivity contribution < 1.29 is 14.8 Å². The number of aliphatic hydroxyl groups is 1. The van der Waals surface area contributed by atoms with E-state index in [1.807, 2.05) is 42.5 Å². The Morgan fingerprint density at radius 2 is 1.58 bits per heavy atom. The van der Waals surface area contributed by atoms with Crippen LogP contribution < -0.4 is 5.32 Å². The number of rotatable bonds is 6. The molecule has 0 unspecified atom stereocenters. The number of nitrogens with two attached hydrogens (primary N) is 1. The van der Waals surface area contributed by atoms with E-state index in [1.165, 1.54) is 5.56 Å². The second kappa shape index (κ2) is 7.47. The number of hydrogen-bond acceptors (Lipinski definition) is 2. The second-order valence-electron chi connectivity index (χ2n) is 6.20. The van der Waals surface area contributed by atoms with Gasteiger partial charge in [-0.05, 0) is 31.5 Å². The Labute approximate surface area is 143 Å². The maximum absolute atomic E-state index is 9.58. The Hall–Kier alpha value is -2.36. The molecule has 3 aromatic rings. The summed E-state index contributed by atoms with van der Waals surface area (Å²) in [4.78, 5) is 0. The largest absolute Gasteiger partial charge is 0.455 e. The van der Waals surface area contributed by atoms with Gasteiger partial charge in [0.15, 0.2) is 5.76 Å². The van der Waals surface area contributed by atoms with E-state index in [4.69, 9.17) is 4.42 Å². The van der Waals surface area contributed by atoms with Gasteiger partial charge in [-0.25, -0.2) is 0 Å². The second-order valence-corrected chi connectivity index (χ2v) is 6.20. The van der Waals surface area contributed by atoms with Crippen LogP contribution in [0.3, 0.4) is 0 Å². The van der Waals surface area contributed by atoms with Gasteiger partial charge in [-0.3, -0.25) is 0 Å². The molecule has 1 aromatic heterocycles. The first kappa shape index (κ1) is 16.5. The first-order chi connectivity index (χ1) is 11.6. The number of furan rings is 1. The van der Waals surface area contributed by atoms with Gasteiger partial charge in [-0.15, -0.1) is 0 Å². The molecule has 0 spiro atoms. The van der Waals surface area contributed by atoms with E-state index >= 15 is 0 Å². The first-order valence-corrected chi connectivity index (χ1v) is 8.39. The van der Waals surface area contributed by atoms with Crippen LogP contribution >= 0.6 is 0 Å². The molecule has 3 nitrogen and oxygen atoms in total. The Morgan fingerprint density at radius 1 is 0.875 bits per heavy atom. The summed E-state index contributed by atoms with van der Waals surface area (Å²) in [7, 11) is 0. The monoisotopic (exact) mass is 322 g/mol. The Balaban J connectivity index is 1.63. The summed E-state index contributed by atoms with van der Waals surface area (Å²) < 4.78 is 5.96. The van der Waals surface area contributed by atoms with Gasteiger partial charge in [0.05, 0.1) is 6.10 Å². The molecule has 2 atom stereocenters. The molecule has 0 aliphatic rings. The van der Waals surface area contributed by atoms with Crippen molar-refractivity contribution in [2.24, 2.45) is 0 Å². The average molecular weight is 322 g/mol. The molecular weight excluding hydrogens is 298 g/mol. The highest BCUT2D eigenvalue weighted by Gasteiger charge is 2.11. The summed E-state index contributed by atoms with van der Waals surface area (Å²) in [6, 6.07) is 22.8. The lowest BCUT2D eigenvalue weighted by molar-refractivity contribution is -0.709. The molecule has 3 heteroatoms. The molecule has 1 heterocycles. The Bertz CT molecular complexity index is 760. The molecule has 0 saturated carbocycles. The zero-order valence-corrected chi connectivity index (χ0v) is 14.1. The minimum Gasteiger partial charge on any atom is -0.455 e. The van der Waals surface area contributed by atoms with Crippen molar-refractivity contribution in [2.75, 3.05) is 0 Å². The molecule has 2 aromatic carbocycles. The lowest BCUT2D eigenvalue weighted by atomic mass is 10.1. The molecule has 124 valence electrons. The van der Waals surface area contributed by atoms with Gasteiger partial charge in [-0.2, -0.15) is 0 Å². The van der Waals surface area contributed by atoms with Crippen LogP contribution in [0.5, 0.6) is 0 Å². The van der Waals surface area contributed by atoms with Crippen molar-refractivity contribution in [3.05, 3.63) is 83.6 Å². The molecule has 0 radical (unpaired) electrons. The standard InChI is InChI=1S/C21H23NO2/c1-15(17-6-4-3-5-7-17)22-14-20-12-13-21(24-20)19-10-8-18(9-11-19)16(2)23/h3-13,15-16,22-23H,14H2,1-2H3/p+1/t15-,16+/m0/s1. The van der Waals surface area contributed by atoms with Crippen molar-refractivity contribution >= 4 is 0 Å². The number of benzene rings is 2. The minimum absolute atomic E-state index is 0.394. The van der Waals surface area contributed by atoms with E-state index in [9.17, 15) is 5.11 Å². The molecule has 3 N–H and O–H groups in total. The van der Waals surface area contributed by atoms with E-state index in [2.05, 4.69) is 36.5 Å². The summed E-state index contributed by atoms with van der Waals surface area (Å²) in [6.07, 6.45) is -0.444. The van der Waals surface area contributed by atoms with Crippen LogP contribution in [0.4, 0.5) is 0 Å². The van der Waals surface area contributed by atoms with Gasteiger partial charge in [-0.1, -0.05) is 54.6 Å². The highest BCUT2D eigenvalue weighted by molar-refractivity contribution is 5.58. The molecule has 24 heavy (non-hydrogen) atoms. The molecule has 0 amide bonds. The quantitative estimate of drug-likeness (QED) is 0.725. The SMILES string of the molecule is C[C@H]([NH2+]Cc1ccc(-c2ccc([C@@H](C)O)cc2)o1)c1ccccc1. The lowest BCUT2D eigenvalue weighted by Gasteiger charge is -2.09. The van der Waals surface area contributed by atoms with E-state index in [-0.39, 0.29) is 0 Å². The summed E-state index contributed by atoms with van der Waals surface area (Å²) >= 11 is 0. The fourth-order valence-corrected chi connectivity index (χ4v) is 2.75. The average Bonchev–Trinajstić information content (AvgIpc) is 3.09. The van der Waals surface area contributed by atoms with Crippen LogP contribution in [-0.2, 0) is 6.54 Å². The van der Waals surface area contributed by atoms with Crippen LogP contribution in [0.25, 0.3) is 11.3 Å². The first-order valence-electron chi connectivity index (χ1n) is 8.39. The molecule has 0 saturated heterocycles. The molecule has 0 fully saturated rings. The molecule has 0 aliphatic heterocycles. The van der Waals surface area contributed by atoms with Crippen LogP contribution in [-0.4, -0.2) is 5.11 Å². The van der Waals surface area contributed by atoms with Crippen LogP contribution in [0.2, 0.25) is 0 Å². The van der Waals surface area contributed by atoms with Crippen LogP contribution in [0.15, 0.2) is 71.1 Å². The maximum atomic E-state index is 9.58. The van der Waals surface area contributed by atoms with Gasteiger partial charge in [0.1, 0.15) is 18.3 Å². The Morgan fingerprint density at radius 3 is 2.25 bits per heavy atom. The summed E-state index contributed by atoms with van der Waals surface area (Å²) in [6.45, 7) is 4.78. The van der Waals surface area contributed by atoms with E-state index in [0.29, 0.717) is 6.04 Å². The van der Waals surface area contributed by atoms with Crippen molar-refractivity contribution in [3.63, 3.8) is 0 Å². The van der Waals surface area contributed by atoms with E-state index in [1.54, 1.807) is 6.92 Å². The lowest BCUT2D eigenvalue weighted by Crippen LogP contribution is -2.82. The van der Waals surface area contributed by atoms with Crippen molar-refractivity contribution in [3.8, 4) is 11.3 Å². The third kappa shape index (κ3) is 3.94. The van der Waals surface area contributed by atoms with Gasteiger partial charge in [0, 0.05) is 11.1 Å². The molecule has 3 rings (SSSR count). The summed E-state index contributed by atoms with van der Waals surface area (Å²) in [5, 5.41) is 11.8. The van der Waals surface area contributed by atoms with Crippen molar-refractivity contribution in [2.45, 2.75) is 32.5 Å². The molecular formula is C21H24NO2+. The fourth-order valence-electron chi connectivity index (χ4n) is 2.75. The minimum atomic E-state index is -0.444. The maximum Gasteiger partial charge on any atom is 0.158 e. The normalized spacial score (nSPS) is 13.6. The number of hydrogen-bond donors (Lipinski definition) is 2. The van der Waals surface area contributed by atoms with Crippen molar-refractivity contribution in [1.29, 1.82) is 0 Å². The predicted molar refractivity (Wildman–Crippen MR) is 95.3 cm³/mol. The number of aliphatic hydroxyl groups excluding tert-OH is 1. The van der Waals surface area contributed by atoms with Crippen molar-refractivity contribution in [1.82, 2.24) is 0 Å². The highest BCUT2D eigenvalue weighted by atomic mass is 16.3. The highest BCUT2D eigenvalue weighted by Crippen LogP contribution is 2.24. The number of quaternary nitrogens is 1. The van der Waals surface area contributed by atoms with Crippen LogP contribution in [0, 0.1) is 0 Å². The predicted octanol–water partition coefficient (Wildman–Crippen LogP) is 3.82. The van der Waals surface area contributed by atoms with E-state index < -0.39 is 6.10 Å². The third-order valence-electron chi connectivity index (χ3n) is 4.34. The van der Waals surface area contributed by atoms with Gasteiger partial charge in [0.25, 0.3) is 0 Å². The van der Waals surface area contributed by atoms with E-state index in [0.717, 1.165) is 29.2 Å². The Kier molecular flexibility index (Phi) is 5.14. The summed E-state index contributed by atoms with van der Waals surface area (Å²) in [5.41, 5.74) is 3.26. The smallest absolute Gasteiger partial charge is 0.158 e. The topological polar surface area (TPSA) is 50.0 Å². The zero-order chi connectivity index (χ0) is 16.9. The molecule has 0 aliphatic carbocycles. The van der Waals surface area contributed by atoms with Gasteiger partial charge in [0.2, 0.25) is 0 Å². The van der Waals surface area contributed by atoms with Gasteiger partial charge < -0.3 is 14.8 Å². The fraction of sp³-hybridized carbons (Fsp3) is 0.238. The van der Waals surface area contributed by atoms with Crippen LogP contribution in [0.1, 0.15) is 42.9 Å². The molecule has 0 bridgehead atoms. The zero-order valence-electron chi connectivity index (χ0n) is 14.1.